The molecule has 3 rings (SSSR count). The van der Waals surface area contributed by atoms with Crippen molar-refractivity contribution in [3.05, 3.63) is 60.2 Å². The molecule has 0 aromatic heterocycles. The van der Waals surface area contributed by atoms with E-state index in [1.165, 1.54) is 5.56 Å². The number of nitrogens with zero attached hydrogens (tertiary/aromatic N) is 2. The summed E-state index contributed by atoms with van der Waals surface area (Å²) >= 11 is 1.69. The molecule has 0 bridgehead atoms. The van der Waals surface area contributed by atoms with Gasteiger partial charge in [0, 0.05) is 31.9 Å². The summed E-state index contributed by atoms with van der Waals surface area (Å²) in [6.07, 6.45) is 0. The van der Waals surface area contributed by atoms with Crippen LogP contribution in [-0.2, 0) is 10.5 Å². The maximum absolute atomic E-state index is 12.4. The van der Waals surface area contributed by atoms with Crippen LogP contribution in [0.4, 0.5) is 5.69 Å². The standard InChI is InChI=1S/C20H24N2O2S/c1-24-19-10-6-5-9-18(19)21-11-13-22(14-12-21)20(23)16-25-15-17-7-3-2-4-8-17/h2-10H,11-16H2,1H3. The van der Waals surface area contributed by atoms with Gasteiger partial charge in [-0.05, 0) is 17.7 Å². The van der Waals surface area contributed by atoms with Gasteiger partial charge in [-0.2, -0.15) is 0 Å². The fraction of sp³-hybridized carbons (Fsp3) is 0.350. The molecule has 1 heterocycles. The number of rotatable bonds is 6. The summed E-state index contributed by atoms with van der Waals surface area (Å²) in [5, 5.41) is 0. The number of methoxy groups -OCH3 is 1. The smallest absolute Gasteiger partial charge is 0.232 e. The number of carbonyl (C=O) groups is 1. The van der Waals surface area contributed by atoms with Crippen LogP contribution >= 0.6 is 11.8 Å². The SMILES string of the molecule is COc1ccccc1N1CCN(C(=O)CSCc2ccccc2)CC1. The van der Waals surface area contributed by atoms with E-state index in [0.717, 1.165) is 43.4 Å². The lowest BCUT2D eigenvalue weighted by molar-refractivity contribution is -0.128. The minimum Gasteiger partial charge on any atom is -0.495 e. The number of anilines is 1. The number of amides is 1. The van der Waals surface area contributed by atoms with Crippen molar-refractivity contribution in [3.63, 3.8) is 0 Å². The van der Waals surface area contributed by atoms with Crippen molar-refractivity contribution in [1.82, 2.24) is 4.90 Å². The summed E-state index contributed by atoms with van der Waals surface area (Å²) in [6.45, 7) is 3.22. The molecule has 0 spiro atoms. The van der Waals surface area contributed by atoms with Gasteiger partial charge in [0.25, 0.3) is 0 Å². The molecule has 0 unspecified atom stereocenters. The maximum Gasteiger partial charge on any atom is 0.232 e. The van der Waals surface area contributed by atoms with Gasteiger partial charge in [0.05, 0.1) is 18.6 Å². The number of piperazine rings is 1. The van der Waals surface area contributed by atoms with E-state index in [2.05, 4.69) is 23.1 Å². The monoisotopic (exact) mass is 356 g/mol. The highest BCUT2D eigenvalue weighted by Crippen LogP contribution is 2.28. The molecule has 0 saturated carbocycles. The predicted molar refractivity (Wildman–Crippen MR) is 104 cm³/mol. The van der Waals surface area contributed by atoms with E-state index in [1.54, 1.807) is 18.9 Å². The van der Waals surface area contributed by atoms with E-state index in [0.29, 0.717) is 5.75 Å². The van der Waals surface area contributed by atoms with Gasteiger partial charge < -0.3 is 14.5 Å². The minimum atomic E-state index is 0.237. The molecule has 25 heavy (non-hydrogen) atoms. The second-order valence-corrected chi connectivity index (χ2v) is 7.00. The molecule has 2 aromatic carbocycles. The van der Waals surface area contributed by atoms with Crippen LogP contribution in [0.15, 0.2) is 54.6 Å². The summed E-state index contributed by atoms with van der Waals surface area (Å²) in [5.74, 6) is 2.55. The third-order valence-electron chi connectivity index (χ3n) is 4.40. The molecular weight excluding hydrogens is 332 g/mol. The second-order valence-electron chi connectivity index (χ2n) is 6.02. The van der Waals surface area contributed by atoms with E-state index >= 15 is 0 Å². The average Bonchev–Trinajstić information content (AvgIpc) is 2.69. The van der Waals surface area contributed by atoms with Crippen molar-refractivity contribution >= 4 is 23.4 Å². The lowest BCUT2D eigenvalue weighted by Gasteiger charge is -2.36. The Bertz CT molecular complexity index is 685. The zero-order valence-electron chi connectivity index (χ0n) is 14.6. The Morgan fingerprint density at radius 2 is 1.68 bits per heavy atom. The average molecular weight is 356 g/mol. The molecule has 0 aliphatic carbocycles. The van der Waals surface area contributed by atoms with E-state index in [4.69, 9.17) is 4.74 Å². The summed E-state index contributed by atoms with van der Waals surface area (Å²) in [6, 6.07) is 18.3. The van der Waals surface area contributed by atoms with Crippen LogP contribution in [0.5, 0.6) is 5.75 Å². The lowest BCUT2D eigenvalue weighted by atomic mass is 10.2. The topological polar surface area (TPSA) is 32.8 Å². The highest BCUT2D eigenvalue weighted by atomic mass is 32.2. The largest absolute Gasteiger partial charge is 0.495 e. The van der Waals surface area contributed by atoms with Crippen LogP contribution < -0.4 is 9.64 Å². The fourth-order valence-electron chi connectivity index (χ4n) is 3.01. The van der Waals surface area contributed by atoms with E-state index in [1.807, 2.05) is 41.3 Å². The number of para-hydroxylation sites is 2. The highest BCUT2D eigenvalue weighted by Gasteiger charge is 2.22. The van der Waals surface area contributed by atoms with Gasteiger partial charge in [-0.25, -0.2) is 0 Å². The zero-order valence-corrected chi connectivity index (χ0v) is 15.4. The summed E-state index contributed by atoms with van der Waals surface area (Å²) in [7, 11) is 1.70. The first-order valence-electron chi connectivity index (χ1n) is 8.55. The molecule has 1 fully saturated rings. The van der Waals surface area contributed by atoms with Crippen molar-refractivity contribution in [3.8, 4) is 5.75 Å². The Balaban J connectivity index is 1.46. The summed E-state index contributed by atoms with van der Waals surface area (Å²) in [4.78, 5) is 16.7. The summed E-state index contributed by atoms with van der Waals surface area (Å²) in [5.41, 5.74) is 2.37. The Morgan fingerprint density at radius 3 is 2.40 bits per heavy atom. The molecule has 1 aliphatic rings. The zero-order chi connectivity index (χ0) is 17.5. The molecular formula is C20H24N2O2S. The number of carbonyl (C=O) groups excluding carboxylic acids is 1. The van der Waals surface area contributed by atoms with Crippen LogP contribution in [-0.4, -0.2) is 49.8 Å². The van der Waals surface area contributed by atoms with Crippen LogP contribution in [0.1, 0.15) is 5.56 Å². The highest BCUT2D eigenvalue weighted by molar-refractivity contribution is 7.99. The Labute approximate surface area is 153 Å². The van der Waals surface area contributed by atoms with Gasteiger partial charge in [0.15, 0.2) is 0 Å². The van der Waals surface area contributed by atoms with E-state index in [9.17, 15) is 4.79 Å². The number of ether oxygens (including phenoxy) is 1. The van der Waals surface area contributed by atoms with Crippen LogP contribution in [0, 0.1) is 0 Å². The molecule has 1 aliphatic heterocycles. The van der Waals surface area contributed by atoms with Crippen molar-refractivity contribution in [2.45, 2.75) is 5.75 Å². The quantitative estimate of drug-likeness (QED) is 0.795. The predicted octanol–water partition coefficient (Wildman–Crippen LogP) is 3.28. The molecule has 0 N–H and O–H groups in total. The molecule has 0 radical (unpaired) electrons. The first-order chi connectivity index (χ1) is 12.3. The van der Waals surface area contributed by atoms with Gasteiger partial charge in [0.2, 0.25) is 5.91 Å². The van der Waals surface area contributed by atoms with Gasteiger partial charge in [-0.1, -0.05) is 42.5 Å². The Hall–Kier alpha value is -2.14. The molecule has 1 saturated heterocycles. The van der Waals surface area contributed by atoms with Crippen molar-refractivity contribution in [2.75, 3.05) is 43.9 Å². The fourth-order valence-corrected chi connectivity index (χ4v) is 3.90. The van der Waals surface area contributed by atoms with Gasteiger partial charge >= 0.3 is 0 Å². The number of thioether (sulfide) groups is 1. The molecule has 0 atom stereocenters. The van der Waals surface area contributed by atoms with Crippen LogP contribution in [0.2, 0.25) is 0 Å². The van der Waals surface area contributed by atoms with Gasteiger partial charge in [-0.15, -0.1) is 11.8 Å². The summed E-state index contributed by atoms with van der Waals surface area (Å²) < 4.78 is 5.44. The first kappa shape index (κ1) is 17.7. The van der Waals surface area contributed by atoms with E-state index in [-0.39, 0.29) is 5.91 Å². The minimum absolute atomic E-state index is 0.237. The number of benzene rings is 2. The number of hydrogen-bond acceptors (Lipinski definition) is 4. The first-order valence-corrected chi connectivity index (χ1v) is 9.71. The molecule has 4 nitrogen and oxygen atoms in total. The third kappa shape index (κ3) is 4.69. The van der Waals surface area contributed by atoms with Crippen molar-refractivity contribution in [1.29, 1.82) is 0 Å². The third-order valence-corrected chi connectivity index (χ3v) is 5.38. The Kier molecular flexibility index (Phi) is 6.23. The normalized spacial score (nSPS) is 14.4. The Morgan fingerprint density at radius 1 is 1.00 bits per heavy atom. The maximum atomic E-state index is 12.4. The molecule has 5 heteroatoms. The van der Waals surface area contributed by atoms with Crippen molar-refractivity contribution < 1.29 is 9.53 Å². The molecule has 2 aromatic rings. The van der Waals surface area contributed by atoms with Crippen LogP contribution in [0.25, 0.3) is 0 Å². The molecule has 132 valence electrons. The second kappa shape index (κ2) is 8.81. The lowest BCUT2D eigenvalue weighted by Crippen LogP contribution is -2.49. The van der Waals surface area contributed by atoms with Gasteiger partial charge in [-0.3, -0.25) is 4.79 Å². The van der Waals surface area contributed by atoms with Crippen LogP contribution in [0.3, 0.4) is 0 Å². The number of hydrogen-bond donors (Lipinski definition) is 0. The van der Waals surface area contributed by atoms with Gasteiger partial charge in [0.1, 0.15) is 5.75 Å². The van der Waals surface area contributed by atoms with E-state index < -0.39 is 0 Å². The molecule has 1 amide bonds. The van der Waals surface area contributed by atoms with Crippen molar-refractivity contribution in [2.24, 2.45) is 0 Å².